The third kappa shape index (κ3) is 3.72. The van der Waals surface area contributed by atoms with Crippen LogP contribution in [0.3, 0.4) is 0 Å². The van der Waals surface area contributed by atoms with Gasteiger partial charge in [-0.05, 0) is 45.4 Å². The summed E-state index contributed by atoms with van der Waals surface area (Å²) in [5.41, 5.74) is 1.39. The lowest BCUT2D eigenvalue weighted by molar-refractivity contribution is 0.00578. The Bertz CT molecular complexity index is 813. The number of ether oxygens (including phenoxy) is 2. The van der Waals surface area contributed by atoms with E-state index < -0.39 is 18.3 Å². The fourth-order valence-electron chi connectivity index (χ4n) is 2.84. The lowest BCUT2D eigenvalue weighted by Crippen LogP contribution is -2.41. The van der Waals surface area contributed by atoms with Crippen molar-refractivity contribution in [3.63, 3.8) is 0 Å². The summed E-state index contributed by atoms with van der Waals surface area (Å²) in [6.07, 6.45) is 1.87. The van der Waals surface area contributed by atoms with Crippen molar-refractivity contribution in [3.8, 4) is 5.88 Å². The number of aromatic nitrogens is 2. The summed E-state index contributed by atoms with van der Waals surface area (Å²) in [6, 6.07) is 7.21. The summed E-state index contributed by atoms with van der Waals surface area (Å²) in [5, 5.41) is 4.48. The molecule has 1 aromatic carbocycles. The van der Waals surface area contributed by atoms with E-state index in [1.54, 1.807) is 23.9 Å². The minimum Gasteiger partial charge on any atom is -0.480 e. The number of benzene rings is 1. The monoisotopic (exact) mass is 372 g/mol. The van der Waals surface area contributed by atoms with E-state index in [1.807, 2.05) is 46.0 Å². The smallest absolute Gasteiger partial charge is 0.480 e. The van der Waals surface area contributed by atoms with E-state index in [1.165, 1.54) is 7.11 Å². The molecule has 1 aliphatic rings. The van der Waals surface area contributed by atoms with Gasteiger partial charge in [-0.15, -0.1) is 5.10 Å². The molecule has 0 unspecified atom stereocenters. The van der Waals surface area contributed by atoms with Gasteiger partial charge in [-0.2, -0.15) is 0 Å². The van der Waals surface area contributed by atoms with Crippen LogP contribution in [0.2, 0.25) is 0 Å². The van der Waals surface area contributed by atoms with Gasteiger partial charge in [-0.3, -0.25) is 4.68 Å². The molecule has 2 heterocycles. The van der Waals surface area contributed by atoms with Gasteiger partial charge in [-0.25, -0.2) is 4.79 Å². The van der Waals surface area contributed by atoms with E-state index in [2.05, 4.69) is 5.10 Å². The number of hydrogen-bond donors (Lipinski definition) is 0. The van der Waals surface area contributed by atoms with Gasteiger partial charge in [0.2, 0.25) is 5.88 Å². The molecular weight excluding hydrogens is 347 g/mol. The van der Waals surface area contributed by atoms with Crippen LogP contribution >= 0.6 is 0 Å². The molecule has 0 bridgehead atoms. The zero-order chi connectivity index (χ0) is 19.8. The first-order chi connectivity index (χ1) is 12.7. The van der Waals surface area contributed by atoms with Gasteiger partial charge >= 0.3 is 13.1 Å². The quantitative estimate of drug-likeness (QED) is 0.591. The van der Waals surface area contributed by atoms with E-state index in [9.17, 15) is 4.79 Å². The number of hydrogen-bond acceptors (Lipinski definition) is 6. The maximum Gasteiger partial charge on any atom is 0.502 e. The average molecular weight is 372 g/mol. The van der Waals surface area contributed by atoms with Crippen LogP contribution in [0.1, 0.15) is 43.6 Å². The van der Waals surface area contributed by atoms with Gasteiger partial charge in [-0.1, -0.05) is 12.1 Å². The van der Waals surface area contributed by atoms with Gasteiger partial charge in [0, 0.05) is 6.20 Å². The number of methoxy groups -OCH3 is 2. The van der Waals surface area contributed by atoms with Crippen molar-refractivity contribution in [2.45, 2.75) is 45.4 Å². The van der Waals surface area contributed by atoms with E-state index in [4.69, 9.17) is 18.8 Å². The largest absolute Gasteiger partial charge is 0.502 e. The van der Waals surface area contributed by atoms with Crippen molar-refractivity contribution in [3.05, 3.63) is 41.6 Å². The number of nitrogens with zero attached hydrogens (tertiary/aromatic N) is 2. The van der Waals surface area contributed by atoms with E-state index in [-0.39, 0.29) is 5.97 Å². The highest BCUT2D eigenvalue weighted by molar-refractivity contribution is 6.63. The van der Waals surface area contributed by atoms with Crippen LogP contribution in [0.5, 0.6) is 5.88 Å². The Morgan fingerprint density at radius 2 is 1.70 bits per heavy atom. The first-order valence-corrected chi connectivity index (χ1v) is 8.81. The normalized spacial score (nSPS) is 17.8. The second-order valence-corrected chi connectivity index (χ2v) is 7.57. The molecule has 0 radical (unpaired) electrons. The second kappa shape index (κ2) is 7.01. The van der Waals surface area contributed by atoms with Gasteiger partial charge in [0.25, 0.3) is 0 Å². The van der Waals surface area contributed by atoms with Crippen molar-refractivity contribution >= 4 is 18.6 Å². The molecule has 0 amide bonds. The summed E-state index contributed by atoms with van der Waals surface area (Å²) in [4.78, 5) is 11.5. The van der Waals surface area contributed by atoms with E-state index >= 15 is 0 Å². The molecule has 1 aromatic heterocycles. The van der Waals surface area contributed by atoms with Crippen LogP contribution in [-0.2, 0) is 20.6 Å². The Balaban J connectivity index is 1.80. The molecule has 144 valence electrons. The molecular formula is C19H25BN2O5. The zero-order valence-electron chi connectivity index (χ0n) is 16.6. The predicted molar refractivity (Wildman–Crippen MR) is 101 cm³/mol. The summed E-state index contributed by atoms with van der Waals surface area (Å²) in [7, 11) is 2.40. The molecule has 7 nitrogen and oxygen atoms in total. The first-order valence-electron chi connectivity index (χ1n) is 8.81. The molecule has 0 spiro atoms. The number of esters is 1. The van der Waals surface area contributed by atoms with E-state index in [0.717, 1.165) is 11.0 Å². The first kappa shape index (κ1) is 19.4. The molecule has 0 saturated carbocycles. The molecule has 8 heteroatoms. The molecule has 1 aliphatic heterocycles. The van der Waals surface area contributed by atoms with Gasteiger partial charge < -0.3 is 18.8 Å². The van der Waals surface area contributed by atoms with Gasteiger partial charge in [0.1, 0.15) is 0 Å². The van der Waals surface area contributed by atoms with E-state index in [0.29, 0.717) is 18.0 Å². The Hall–Kier alpha value is -2.32. The fourth-order valence-corrected chi connectivity index (χ4v) is 2.84. The van der Waals surface area contributed by atoms with Crippen LogP contribution in [0.25, 0.3) is 0 Å². The maximum absolute atomic E-state index is 11.5. The Labute approximate surface area is 159 Å². The molecule has 0 N–H and O–H groups in total. The SMILES string of the molecule is COC(=O)c1ccc(Cn2cc(B3OC(C)(C)C(C)(C)O3)c(OC)n2)cc1. The number of carbonyl (C=O) groups excluding carboxylic acids is 1. The molecule has 0 aliphatic carbocycles. The zero-order valence-corrected chi connectivity index (χ0v) is 16.6. The van der Waals surface area contributed by atoms with Crippen molar-refractivity contribution in [1.82, 2.24) is 9.78 Å². The Kier molecular flexibility index (Phi) is 5.05. The Morgan fingerprint density at radius 3 is 2.22 bits per heavy atom. The second-order valence-electron chi connectivity index (χ2n) is 7.57. The van der Waals surface area contributed by atoms with Gasteiger partial charge in [0.15, 0.2) is 0 Å². The third-order valence-corrected chi connectivity index (χ3v) is 5.17. The molecule has 27 heavy (non-hydrogen) atoms. The molecule has 1 fully saturated rings. The number of carbonyl (C=O) groups is 1. The maximum atomic E-state index is 11.5. The topological polar surface area (TPSA) is 71.8 Å². The number of rotatable bonds is 5. The minimum absolute atomic E-state index is 0.356. The molecule has 0 atom stereocenters. The van der Waals surface area contributed by atoms with Crippen LogP contribution in [0.4, 0.5) is 0 Å². The van der Waals surface area contributed by atoms with Crippen LogP contribution in [0.15, 0.2) is 30.5 Å². The van der Waals surface area contributed by atoms with Crippen molar-refractivity contribution < 1.29 is 23.6 Å². The highest BCUT2D eigenvalue weighted by Crippen LogP contribution is 2.37. The molecule has 3 rings (SSSR count). The minimum atomic E-state index is -0.541. The standard InChI is InChI=1S/C19H25BN2O5/c1-18(2)19(3,4)27-20(26-18)15-12-22(21-16(15)24-5)11-13-7-9-14(10-8-13)17(23)25-6/h7-10,12H,11H2,1-6H3. The lowest BCUT2D eigenvalue weighted by atomic mass is 9.81. The summed E-state index contributed by atoms with van der Waals surface area (Å²) >= 11 is 0. The summed E-state index contributed by atoms with van der Waals surface area (Å²) in [6.45, 7) is 8.55. The lowest BCUT2D eigenvalue weighted by Gasteiger charge is -2.32. The highest BCUT2D eigenvalue weighted by Gasteiger charge is 2.53. The van der Waals surface area contributed by atoms with Crippen LogP contribution < -0.4 is 10.2 Å². The summed E-state index contributed by atoms with van der Waals surface area (Å²) < 4.78 is 24.1. The summed E-state index contributed by atoms with van der Waals surface area (Å²) in [5.74, 6) is 0.116. The predicted octanol–water partition coefficient (Wildman–Crippen LogP) is 2.03. The van der Waals surface area contributed by atoms with Crippen LogP contribution in [-0.4, -0.2) is 48.3 Å². The third-order valence-electron chi connectivity index (χ3n) is 5.17. The fraction of sp³-hybridized carbons (Fsp3) is 0.474. The molecule has 2 aromatic rings. The highest BCUT2D eigenvalue weighted by atomic mass is 16.7. The Morgan fingerprint density at radius 1 is 1.11 bits per heavy atom. The van der Waals surface area contributed by atoms with Crippen molar-refractivity contribution in [2.75, 3.05) is 14.2 Å². The molecule has 1 saturated heterocycles. The average Bonchev–Trinajstić information content (AvgIpc) is 3.12. The van der Waals surface area contributed by atoms with Crippen molar-refractivity contribution in [2.24, 2.45) is 0 Å². The van der Waals surface area contributed by atoms with Crippen LogP contribution in [0, 0.1) is 0 Å². The van der Waals surface area contributed by atoms with Gasteiger partial charge in [0.05, 0.1) is 43.0 Å². The van der Waals surface area contributed by atoms with Crippen molar-refractivity contribution in [1.29, 1.82) is 0 Å².